The molecule has 3 N–H and O–H groups in total. The van der Waals surface area contributed by atoms with Crippen molar-refractivity contribution in [1.29, 1.82) is 0 Å². The van der Waals surface area contributed by atoms with Crippen LogP contribution >= 0.6 is 24.0 Å². The van der Waals surface area contributed by atoms with Gasteiger partial charge in [0.05, 0.1) is 12.1 Å². The Morgan fingerprint density at radius 2 is 2.00 bits per heavy atom. The number of primary amides is 1. The molecule has 29 heavy (non-hydrogen) atoms. The van der Waals surface area contributed by atoms with E-state index in [9.17, 15) is 4.79 Å². The van der Waals surface area contributed by atoms with Crippen molar-refractivity contribution in [2.75, 3.05) is 5.32 Å². The number of nitrogens with zero attached hydrogens (tertiary/aromatic N) is 1. The number of nitrogens with one attached hydrogen (secondary N) is 1. The molecule has 1 heterocycles. The van der Waals surface area contributed by atoms with Crippen LogP contribution in [0.25, 0.3) is 11.3 Å². The van der Waals surface area contributed by atoms with Crippen LogP contribution in [0.5, 0.6) is 0 Å². The Kier molecular flexibility index (Phi) is 6.46. The van der Waals surface area contributed by atoms with Crippen LogP contribution in [0.4, 0.5) is 11.4 Å². The number of carbonyl (C=O) groups excluding carboxylic acids is 1. The van der Waals surface area contributed by atoms with E-state index in [4.69, 9.17) is 22.3 Å². The van der Waals surface area contributed by atoms with Crippen molar-refractivity contribution in [2.24, 2.45) is 5.73 Å². The molecule has 0 spiro atoms. The minimum atomic E-state index is -0.318. The minimum Gasteiger partial charge on any atom is -0.369 e. The highest BCUT2D eigenvalue weighted by atomic mass is 35.5. The number of carbonyl (C=O) groups is 1. The Balaban J connectivity index is 0.00000240. The maximum absolute atomic E-state index is 11.2. The molecule has 0 saturated heterocycles. The van der Waals surface area contributed by atoms with Crippen LogP contribution in [0, 0.1) is 6.92 Å². The van der Waals surface area contributed by atoms with Crippen LogP contribution in [0.2, 0.25) is 5.02 Å². The van der Waals surface area contributed by atoms with Crippen molar-refractivity contribution in [3.05, 3.63) is 75.9 Å². The highest BCUT2D eigenvalue weighted by Crippen LogP contribution is 2.34. The van der Waals surface area contributed by atoms with Gasteiger partial charge in [-0.05, 0) is 73.2 Å². The predicted octanol–water partition coefficient (Wildman–Crippen LogP) is 5.39. The molecule has 1 aliphatic rings. The summed E-state index contributed by atoms with van der Waals surface area (Å²) in [7, 11) is 0. The van der Waals surface area contributed by atoms with Crippen LogP contribution in [-0.4, -0.2) is 10.9 Å². The molecule has 6 heteroatoms. The summed E-state index contributed by atoms with van der Waals surface area (Å²) in [6.07, 6.45) is 3.40. The zero-order chi connectivity index (χ0) is 19.7. The third kappa shape index (κ3) is 4.72. The van der Waals surface area contributed by atoms with E-state index in [1.807, 2.05) is 43.3 Å². The first-order valence-corrected chi connectivity index (χ1v) is 9.81. The van der Waals surface area contributed by atoms with Gasteiger partial charge in [-0.15, -0.1) is 12.4 Å². The number of benzene rings is 2. The molecule has 0 radical (unpaired) electrons. The van der Waals surface area contributed by atoms with E-state index in [-0.39, 0.29) is 24.7 Å². The molecule has 4 nitrogen and oxygen atoms in total. The van der Waals surface area contributed by atoms with Gasteiger partial charge in [0, 0.05) is 27.7 Å². The van der Waals surface area contributed by atoms with Crippen molar-refractivity contribution in [2.45, 2.75) is 32.6 Å². The number of halogens is 2. The van der Waals surface area contributed by atoms with Gasteiger partial charge in [-0.1, -0.05) is 29.8 Å². The van der Waals surface area contributed by atoms with Gasteiger partial charge in [-0.25, -0.2) is 0 Å². The Morgan fingerprint density at radius 3 is 2.72 bits per heavy atom. The fourth-order valence-corrected chi connectivity index (χ4v) is 3.96. The first-order valence-electron chi connectivity index (χ1n) is 9.43. The number of pyridine rings is 1. The zero-order valence-corrected chi connectivity index (χ0v) is 17.7. The standard InChI is InChI=1S/C23H22ClN3O.ClH/c1-14-10-18(9-8-15(14)12-23(25)28)26-22-13-21(16-4-2-5-17(24)11-16)27-20-7-3-6-19(20)22;/h2,4-5,8-11,13H,3,6-7,12H2,1H3,(H2,25,28)(H,26,27);1H. The Hall–Kier alpha value is -2.56. The van der Waals surface area contributed by atoms with Gasteiger partial charge in [-0.2, -0.15) is 0 Å². The number of aryl methyl sites for hydroxylation is 2. The number of amides is 1. The molecule has 0 saturated carbocycles. The largest absolute Gasteiger partial charge is 0.369 e. The van der Waals surface area contributed by atoms with E-state index in [1.165, 1.54) is 5.56 Å². The normalized spacial score (nSPS) is 12.2. The number of hydrogen-bond donors (Lipinski definition) is 2. The second-order valence-corrected chi connectivity index (χ2v) is 7.69. The lowest BCUT2D eigenvalue weighted by atomic mass is 10.0. The fraction of sp³-hybridized carbons (Fsp3) is 0.217. The van der Waals surface area contributed by atoms with Crippen molar-refractivity contribution in [3.63, 3.8) is 0 Å². The molecule has 0 atom stereocenters. The third-order valence-electron chi connectivity index (χ3n) is 5.16. The van der Waals surface area contributed by atoms with Gasteiger partial charge in [0.25, 0.3) is 0 Å². The Bertz CT molecular complexity index is 1070. The van der Waals surface area contributed by atoms with E-state index in [2.05, 4.69) is 17.4 Å². The summed E-state index contributed by atoms with van der Waals surface area (Å²) in [6, 6.07) is 15.9. The number of rotatable bonds is 5. The van der Waals surface area contributed by atoms with E-state index >= 15 is 0 Å². The number of fused-ring (bicyclic) bond motifs is 1. The van der Waals surface area contributed by atoms with Crippen molar-refractivity contribution in [3.8, 4) is 11.3 Å². The molecule has 150 valence electrons. The molecule has 0 fully saturated rings. The molecule has 2 aromatic carbocycles. The second-order valence-electron chi connectivity index (χ2n) is 7.25. The van der Waals surface area contributed by atoms with E-state index in [0.29, 0.717) is 5.02 Å². The minimum absolute atomic E-state index is 0. The van der Waals surface area contributed by atoms with Crippen LogP contribution in [0.1, 0.15) is 28.8 Å². The van der Waals surface area contributed by atoms with Gasteiger partial charge < -0.3 is 11.1 Å². The summed E-state index contributed by atoms with van der Waals surface area (Å²) < 4.78 is 0. The van der Waals surface area contributed by atoms with Crippen molar-refractivity contribution < 1.29 is 4.79 Å². The Labute approximate surface area is 181 Å². The molecule has 0 aliphatic heterocycles. The summed E-state index contributed by atoms with van der Waals surface area (Å²) >= 11 is 6.17. The predicted molar refractivity (Wildman–Crippen MR) is 121 cm³/mol. The average molecular weight is 428 g/mol. The van der Waals surface area contributed by atoms with E-state index < -0.39 is 0 Å². The fourth-order valence-electron chi connectivity index (χ4n) is 3.77. The van der Waals surface area contributed by atoms with E-state index in [0.717, 1.165) is 58.7 Å². The van der Waals surface area contributed by atoms with Gasteiger partial charge in [-0.3, -0.25) is 9.78 Å². The Morgan fingerprint density at radius 1 is 1.17 bits per heavy atom. The number of aromatic nitrogens is 1. The number of hydrogen-bond acceptors (Lipinski definition) is 3. The summed E-state index contributed by atoms with van der Waals surface area (Å²) in [5.41, 5.74) is 13.8. The van der Waals surface area contributed by atoms with Crippen LogP contribution in [0.15, 0.2) is 48.5 Å². The van der Waals surface area contributed by atoms with Gasteiger partial charge in [0.15, 0.2) is 0 Å². The highest BCUT2D eigenvalue weighted by molar-refractivity contribution is 6.30. The quantitative estimate of drug-likeness (QED) is 0.573. The van der Waals surface area contributed by atoms with Gasteiger partial charge in [0.1, 0.15) is 0 Å². The molecule has 0 unspecified atom stereocenters. The van der Waals surface area contributed by atoms with Crippen LogP contribution in [-0.2, 0) is 24.1 Å². The zero-order valence-electron chi connectivity index (χ0n) is 16.2. The number of anilines is 2. The molecule has 1 aromatic heterocycles. The van der Waals surface area contributed by atoms with Crippen molar-refractivity contribution >= 4 is 41.3 Å². The monoisotopic (exact) mass is 427 g/mol. The number of nitrogens with two attached hydrogens (primary N) is 1. The topological polar surface area (TPSA) is 68.0 Å². The average Bonchev–Trinajstić information content (AvgIpc) is 3.12. The molecule has 1 amide bonds. The van der Waals surface area contributed by atoms with Crippen LogP contribution in [0.3, 0.4) is 0 Å². The summed E-state index contributed by atoms with van der Waals surface area (Å²) in [4.78, 5) is 16.1. The summed E-state index contributed by atoms with van der Waals surface area (Å²) in [6.45, 7) is 2.00. The smallest absolute Gasteiger partial charge is 0.221 e. The lowest BCUT2D eigenvalue weighted by molar-refractivity contribution is -0.117. The maximum atomic E-state index is 11.2. The molecular weight excluding hydrogens is 405 g/mol. The van der Waals surface area contributed by atoms with Crippen LogP contribution < -0.4 is 11.1 Å². The second kappa shape index (κ2) is 8.85. The molecule has 1 aliphatic carbocycles. The van der Waals surface area contributed by atoms with Crippen molar-refractivity contribution in [1.82, 2.24) is 4.98 Å². The van der Waals surface area contributed by atoms with Gasteiger partial charge >= 0.3 is 0 Å². The first-order chi connectivity index (χ1) is 13.5. The maximum Gasteiger partial charge on any atom is 0.221 e. The van der Waals surface area contributed by atoms with E-state index in [1.54, 1.807) is 0 Å². The lowest BCUT2D eigenvalue weighted by Gasteiger charge is -2.15. The third-order valence-corrected chi connectivity index (χ3v) is 5.39. The molecular formula is C23H23Cl2N3O. The molecule has 3 aromatic rings. The highest BCUT2D eigenvalue weighted by Gasteiger charge is 2.19. The SMILES string of the molecule is Cc1cc(Nc2cc(-c3cccc(Cl)c3)nc3c2CCC3)ccc1CC(N)=O.Cl. The van der Waals surface area contributed by atoms with Gasteiger partial charge in [0.2, 0.25) is 5.91 Å². The summed E-state index contributed by atoms with van der Waals surface area (Å²) in [5.74, 6) is -0.318. The molecule has 4 rings (SSSR count). The summed E-state index contributed by atoms with van der Waals surface area (Å²) in [5, 5.41) is 4.26. The lowest BCUT2D eigenvalue weighted by Crippen LogP contribution is -2.14. The first kappa shape index (κ1) is 21.2. The molecule has 0 bridgehead atoms.